The van der Waals surface area contributed by atoms with Crippen LogP contribution in [0.2, 0.25) is 0 Å². The van der Waals surface area contributed by atoms with Crippen LogP contribution in [0, 0.1) is 11.8 Å². The first-order valence-corrected chi connectivity index (χ1v) is 8.74. The molecule has 0 bridgehead atoms. The summed E-state index contributed by atoms with van der Waals surface area (Å²) in [6.07, 6.45) is 2.31. The summed E-state index contributed by atoms with van der Waals surface area (Å²) in [4.78, 5) is 16.6. The highest BCUT2D eigenvalue weighted by Gasteiger charge is 2.25. The van der Waals surface area contributed by atoms with Crippen LogP contribution in [-0.4, -0.2) is 48.4 Å². The molecule has 1 aliphatic rings. The van der Waals surface area contributed by atoms with E-state index in [1.54, 1.807) is 0 Å². The second kappa shape index (κ2) is 8.46. The van der Waals surface area contributed by atoms with Gasteiger partial charge in [-0.1, -0.05) is 44.2 Å². The van der Waals surface area contributed by atoms with E-state index in [1.165, 1.54) is 5.56 Å². The molecule has 1 fully saturated rings. The van der Waals surface area contributed by atoms with Crippen molar-refractivity contribution in [2.45, 2.75) is 39.3 Å². The Balaban J connectivity index is 1.75. The lowest BCUT2D eigenvalue weighted by Crippen LogP contribution is -2.47. The fourth-order valence-electron chi connectivity index (χ4n) is 3.19. The molecule has 1 saturated heterocycles. The van der Waals surface area contributed by atoms with E-state index in [-0.39, 0.29) is 17.9 Å². The molecule has 1 aliphatic heterocycles. The van der Waals surface area contributed by atoms with E-state index >= 15 is 0 Å². The summed E-state index contributed by atoms with van der Waals surface area (Å²) in [6, 6.07) is 10.3. The van der Waals surface area contributed by atoms with E-state index in [0.717, 1.165) is 39.0 Å². The number of amides is 1. The second-order valence-corrected chi connectivity index (χ2v) is 7.19. The molecule has 0 radical (unpaired) electrons. The van der Waals surface area contributed by atoms with Gasteiger partial charge in [0.15, 0.2) is 0 Å². The molecule has 4 heteroatoms. The van der Waals surface area contributed by atoms with Gasteiger partial charge in [-0.2, -0.15) is 0 Å². The molecule has 1 aromatic carbocycles. The minimum Gasteiger partial charge on any atom is -0.344 e. The van der Waals surface area contributed by atoms with E-state index in [2.05, 4.69) is 35.2 Å². The van der Waals surface area contributed by atoms with Gasteiger partial charge in [0.25, 0.3) is 0 Å². The number of nitrogens with two attached hydrogens (primary N) is 1. The molecule has 1 aromatic rings. The molecule has 2 rings (SSSR count). The summed E-state index contributed by atoms with van der Waals surface area (Å²) in [5.41, 5.74) is 7.35. The molecule has 23 heavy (non-hydrogen) atoms. The molecular formula is C19H31N3O. The molecule has 1 atom stereocenters. The maximum atomic E-state index is 12.3. The van der Waals surface area contributed by atoms with Crippen LogP contribution in [0.3, 0.4) is 0 Å². The maximum Gasteiger partial charge on any atom is 0.239 e. The Morgan fingerprint density at radius 1 is 1.26 bits per heavy atom. The normalized spacial score (nSPS) is 18.1. The number of piperidine rings is 1. The van der Waals surface area contributed by atoms with Crippen molar-refractivity contribution in [3.63, 3.8) is 0 Å². The lowest BCUT2D eigenvalue weighted by atomic mass is 9.95. The van der Waals surface area contributed by atoms with E-state index in [9.17, 15) is 4.79 Å². The molecule has 1 amide bonds. The van der Waals surface area contributed by atoms with E-state index in [1.807, 2.05) is 25.8 Å². The van der Waals surface area contributed by atoms with Gasteiger partial charge in [0, 0.05) is 20.1 Å². The van der Waals surface area contributed by atoms with Crippen molar-refractivity contribution in [1.82, 2.24) is 9.80 Å². The van der Waals surface area contributed by atoms with Crippen LogP contribution in [0.25, 0.3) is 0 Å². The quantitative estimate of drug-likeness (QED) is 0.876. The Labute approximate surface area is 140 Å². The zero-order valence-electron chi connectivity index (χ0n) is 14.7. The van der Waals surface area contributed by atoms with Crippen molar-refractivity contribution in [2.24, 2.45) is 17.6 Å². The van der Waals surface area contributed by atoms with Crippen LogP contribution in [-0.2, 0) is 11.3 Å². The Bertz CT molecular complexity index is 481. The largest absolute Gasteiger partial charge is 0.344 e. The predicted octanol–water partition coefficient (Wildman–Crippen LogP) is 2.34. The SMILES string of the molecule is CC(C)[C@H](N)C(=O)N(C)CC1CCN(Cc2ccccc2)CC1. The van der Waals surface area contributed by atoms with Crippen LogP contribution < -0.4 is 5.73 Å². The van der Waals surface area contributed by atoms with Gasteiger partial charge in [0.1, 0.15) is 0 Å². The highest BCUT2D eigenvalue weighted by Crippen LogP contribution is 2.20. The smallest absolute Gasteiger partial charge is 0.239 e. The van der Waals surface area contributed by atoms with Gasteiger partial charge in [-0.3, -0.25) is 9.69 Å². The summed E-state index contributed by atoms with van der Waals surface area (Å²) in [5, 5.41) is 0. The van der Waals surface area contributed by atoms with Gasteiger partial charge in [0.2, 0.25) is 5.91 Å². The summed E-state index contributed by atoms with van der Waals surface area (Å²) in [5.74, 6) is 0.861. The average molecular weight is 317 g/mol. The van der Waals surface area contributed by atoms with E-state index in [0.29, 0.717) is 5.92 Å². The molecule has 0 spiro atoms. The molecule has 1 heterocycles. The first kappa shape index (κ1) is 18.0. The molecule has 0 aromatic heterocycles. The van der Waals surface area contributed by atoms with Gasteiger partial charge in [-0.05, 0) is 43.3 Å². The summed E-state index contributed by atoms with van der Waals surface area (Å²) < 4.78 is 0. The van der Waals surface area contributed by atoms with Gasteiger partial charge in [0.05, 0.1) is 6.04 Å². The minimum absolute atomic E-state index is 0.0757. The van der Waals surface area contributed by atoms with Crippen molar-refractivity contribution >= 4 is 5.91 Å². The zero-order valence-corrected chi connectivity index (χ0v) is 14.7. The maximum absolute atomic E-state index is 12.3. The number of hydrogen-bond acceptors (Lipinski definition) is 3. The second-order valence-electron chi connectivity index (χ2n) is 7.19. The van der Waals surface area contributed by atoms with Crippen LogP contribution >= 0.6 is 0 Å². The third-order valence-corrected chi connectivity index (χ3v) is 4.87. The first-order valence-electron chi connectivity index (χ1n) is 8.74. The summed E-state index contributed by atoms with van der Waals surface area (Å²) >= 11 is 0. The number of likely N-dealkylation sites (tertiary alicyclic amines) is 1. The van der Waals surface area contributed by atoms with Gasteiger partial charge >= 0.3 is 0 Å². The molecule has 0 unspecified atom stereocenters. The Morgan fingerprint density at radius 3 is 2.43 bits per heavy atom. The molecule has 0 saturated carbocycles. The number of likely N-dealkylation sites (N-methyl/N-ethyl adjacent to an activating group) is 1. The molecule has 4 nitrogen and oxygen atoms in total. The lowest BCUT2D eigenvalue weighted by molar-refractivity contribution is -0.133. The van der Waals surface area contributed by atoms with Crippen molar-refractivity contribution in [3.8, 4) is 0 Å². The van der Waals surface area contributed by atoms with Gasteiger partial charge < -0.3 is 10.6 Å². The van der Waals surface area contributed by atoms with Crippen molar-refractivity contribution in [2.75, 3.05) is 26.7 Å². The topological polar surface area (TPSA) is 49.6 Å². The number of benzene rings is 1. The van der Waals surface area contributed by atoms with Crippen molar-refractivity contribution in [1.29, 1.82) is 0 Å². The van der Waals surface area contributed by atoms with Crippen LogP contribution in [0.5, 0.6) is 0 Å². The fourth-order valence-corrected chi connectivity index (χ4v) is 3.19. The number of rotatable bonds is 6. The zero-order chi connectivity index (χ0) is 16.8. The summed E-state index contributed by atoms with van der Waals surface area (Å²) in [7, 11) is 1.89. The highest BCUT2D eigenvalue weighted by atomic mass is 16.2. The minimum atomic E-state index is -0.377. The third-order valence-electron chi connectivity index (χ3n) is 4.87. The standard InChI is InChI=1S/C19H31N3O/c1-15(2)18(20)19(23)21(3)13-17-9-11-22(12-10-17)14-16-7-5-4-6-8-16/h4-8,15,17-18H,9-14,20H2,1-3H3/t18-/m0/s1. The molecular weight excluding hydrogens is 286 g/mol. The third kappa shape index (κ3) is 5.33. The van der Waals surface area contributed by atoms with E-state index < -0.39 is 0 Å². The summed E-state index contributed by atoms with van der Waals surface area (Å²) in [6.45, 7) is 8.07. The number of carbonyl (C=O) groups is 1. The van der Waals surface area contributed by atoms with Crippen molar-refractivity contribution in [3.05, 3.63) is 35.9 Å². The predicted molar refractivity (Wildman–Crippen MR) is 94.9 cm³/mol. The number of nitrogens with zero attached hydrogens (tertiary/aromatic N) is 2. The van der Waals surface area contributed by atoms with Crippen molar-refractivity contribution < 1.29 is 4.79 Å². The monoisotopic (exact) mass is 317 g/mol. The Morgan fingerprint density at radius 2 is 1.87 bits per heavy atom. The van der Waals surface area contributed by atoms with Gasteiger partial charge in [-0.15, -0.1) is 0 Å². The van der Waals surface area contributed by atoms with Crippen LogP contribution in [0.1, 0.15) is 32.3 Å². The molecule has 2 N–H and O–H groups in total. The van der Waals surface area contributed by atoms with Crippen LogP contribution in [0.15, 0.2) is 30.3 Å². The van der Waals surface area contributed by atoms with Crippen LogP contribution in [0.4, 0.5) is 0 Å². The lowest BCUT2D eigenvalue weighted by Gasteiger charge is -2.34. The first-order chi connectivity index (χ1) is 11.0. The Kier molecular flexibility index (Phi) is 6.60. The highest BCUT2D eigenvalue weighted by molar-refractivity contribution is 5.81. The number of hydrogen-bond donors (Lipinski definition) is 1. The molecule has 0 aliphatic carbocycles. The number of carbonyl (C=O) groups excluding carboxylic acids is 1. The van der Waals surface area contributed by atoms with E-state index in [4.69, 9.17) is 5.73 Å². The fraction of sp³-hybridized carbons (Fsp3) is 0.632. The Hall–Kier alpha value is -1.39. The molecule has 128 valence electrons. The average Bonchev–Trinajstić information content (AvgIpc) is 2.56. The van der Waals surface area contributed by atoms with Gasteiger partial charge in [-0.25, -0.2) is 0 Å².